The van der Waals surface area contributed by atoms with Crippen molar-refractivity contribution in [1.29, 1.82) is 0 Å². The van der Waals surface area contributed by atoms with Crippen LogP contribution in [0.5, 0.6) is 0 Å². The normalized spacial score (nSPS) is 12.3. The number of aromatic nitrogens is 2. The Labute approximate surface area is 165 Å². The molecule has 1 atom stereocenters. The Kier molecular flexibility index (Phi) is 7.54. The minimum atomic E-state index is -0.733. The first kappa shape index (κ1) is 21.4. The molecule has 8 nitrogen and oxygen atoms in total. The van der Waals surface area contributed by atoms with Gasteiger partial charge in [-0.25, -0.2) is 4.79 Å². The molecule has 0 saturated carbocycles. The van der Waals surface area contributed by atoms with Gasteiger partial charge in [-0.1, -0.05) is 35.5 Å². The largest absolute Gasteiger partial charge is 0.444 e. The molecule has 2 N–H and O–H groups in total. The van der Waals surface area contributed by atoms with Crippen LogP contribution < -0.4 is 10.6 Å². The first-order valence-corrected chi connectivity index (χ1v) is 9.33. The van der Waals surface area contributed by atoms with E-state index in [4.69, 9.17) is 9.26 Å². The number of aryl methyl sites for hydroxylation is 2. The van der Waals surface area contributed by atoms with Gasteiger partial charge >= 0.3 is 6.09 Å². The molecule has 0 aliphatic heterocycles. The zero-order valence-corrected chi connectivity index (χ0v) is 16.8. The average Bonchev–Trinajstić information content (AvgIpc) is 3.02. The van der Waals surface area contributed by atoms with Crippen LogP contribution in [0.2, 0.25) is 0 Å². The number of hydrogen-bond acceptors (Lipinski definition) is 6. The number of nitrogens with zero attached hydrogens (tertiary/aromatic N) is 2. The molecule has 0 aliphatic carbocycles. The highest BCUT2D eigenvalue weighted by atomic mass is 16.6. The summed E-state index contributed by atoms with van der Waals surface area (Å²) in [6.07, 6.45) is 0.973. The lowest BCUT2D eigenvalue weighted by Gasteiger charge is -2.23. The van der Waals surface area contributed by atoms with E-state index in [1.807, 2.05) is 30.3 Å². The lowest BCUT2D eigenvalue weighted by Crippen LogP contribution is -2.49. The molecule has 0 fully saturated rings. The molecule has 28 heavy (non-hydrogen) atoms. The van der Waals surface area contributed by atoms with Gasteiger partial charge in [-0.05, 0) is 39.7 Å². The summed E-state index contributed by atoms with van der Waals surface area (Å²) in [6, 6.07) is 8.78. The Morgan fingerprint density at radius 3 is 2.54 bits per heavy atom. The zero-order chi connectivity index (χ0) is 20.6. The van der Waals surface area contributed by atoms with E-state index >= 15 is 0 Å². The fourth-order valence-electron chi connectivity index (χ4n) is 2.52. The van der Waals surface area contributed by atoms with Gasteiger partial charge in [0.05, 0.1) is 0 Å². The minimum Gasteiger partial charge on any atom is -0.444 e. The second kappa shape index (κ2) is 9.87. The van der Waals surface area contributed by atoms with Gasteiger partial charge in [0.1, 0.15) is 11.6 Å². The van der Waals surface area contributed by atoms with Crippen molar-refractivity contribution in [3.63, 3.8) is 0 Å². The monoisotopic (exact) mass is 388 g/mol. The summed E-state index contributed by atoms with van der Waals surface area (Å²) in [5.41, 5.74) is 0.306. The van der Waals surface area contributed by atoms with Crippen LogP contribution in [0.25, 0.3) is 0 Å². The number of ether oxygens (including phenoxy) is 1. The number of hydrogen-bond donors (Lipinski definition) is 2. The van der Waals surface area contributed by atoms with Crippen molar-refractivity contribution in [1.82, 2.24) is 20.8 Å². The van der Waals surface area contributed by atoms with Crippen LogP contribution in [0.4, 0.5) is 4.79 Å². The summed E-state index contributed by atoms with van der Waals surface area (Å²) in [7, 11) is 0. The van der Waals surface area contributed by atoms with Crippen molar-refractivity contribution in [3.05, 3.63) is 47.6 Å². The van der Waals surface area contributed by atoms with Crippen molar-refractivity contribution in [2.24, 2.45) is 0 Å². The number of carbonyl (C=O) groups is 2. The van der Waals surface area contributed by atoms with E-state index in [-0.39, 0.29) is 5.91 Å². The molecule has 0 saturated heterocycles. The van der Waals surface area contributed by atoms with Crippen molar-refractivity contribution in [3.8, 4) is 0 Å². The van der Waals surface area contributed by atoms with E-state index < -0.39 is 17.7 Å². The summed E-state index contributed by atoms with van der Waals surface area (Å²) in [5, 5.41) is 9.25. The molecule has 1 heterocycles. The first-order chi connectivity index (χ1) is 13.2. The number of amides is 2. The first-order valence-electron chi connectivity index (χ1n) is 9.33. The number of carbonyl (C=O) groups excluding carboxylic acids is 2. The molecular weight excluding hydrogens is 360 g/mol. The minimum absolute atomic E-state index is 0.267. The molecule has 0 unspecified atom stereocenters. The maximum absolute atomic E-state index is 12.6. The maximum Gasteiger partial charge on any atom is 0.408 e. The smallest absolute Gasteiger partial charge is 0.408 e. The Balaban J connectivity index is 1.90. The predicted molar refractivity (Wildman–Crippen MR) is 104 cm³/mol. The van der Waals surface area contributed by atoms with Crippen LogP contribution >= 0.6 is 0 Å². The quantitative estimate of drug-likeness (QED) is 0.673. The molecule has 0 spiro atoms. The standard InChI is InChI=1S/C20H28N4O4/c1-14-22-17(28-24-14)11-8-12-21-18(25)16(13-15-9-6-5-7-10-15)23-19(26)27-20(2,3)4/h5-7,9-10,16H,8,11-13H2,1-4H3,(H,21,25)(H,23,26)/t16-/m0/s1. The molecule has 2 amide bonds. The Bertz CT molecular complexity index is 768. The Morgan fingerprint density at radius 1 is 1.21 bits per heavy atom. The summed E-state index contributed by atoms with van der Waals surface area (Å²) in [6.45, 7) is 7.52. The van der Waals surface area contributed by atoms with Gasteiger partial charge in [0.25, 0.3) is 0 Å². The molecule has 1 aromatic carbocycles. The molecule has 0 bridgehead atoms. The highest BCUT2D eigenvalue weighted by Crippen LogP contribution is 2.09. The predicted octanol–water partition coefficient (Wildman–Crippen LogP) is 2.56. The Morgan fingerprint density at radius 2 is 1.93 bits per heavy atom. The molecule has 8 heteroatoms. The van der Waals surface area contributed by atoms with E-state index in [9.17, 15) is 9.59 Å². The van der Waals surface area contributed by atoms with E-state index in [0.717, 1.165) is 5.56 Å². The second-order valence-electron chi connectivity index (χ2n) is 7.52. The van der Waals surface area contributed by atoms with Crippen LogP contribution in [0, 0.1) is 6.92 Å². The lowest BCUT2D eigenvalue weighted by molar-refractivity contribution is -0.123. The molecule has 1 aromatic heterocycles. The second-order valence-corrected chi connectivity index (χ2v) is 7.52. The molecule has 2 aromatic rings. The van der Waals surface area contributed by atoms with Gasteiger partial charge in [-0.15, -0.1) is 0 Å². The SMILES string of the molecule is Cc1noc(CCCNC(=O)[C@H](Cc2ccccc2)NC(=O)OC(C)(C)C)n1. The van der Waals surface area contributed by atoms with Crippen LogP contribution in [-0.2, 0) is 22.4 Å². The van der Waals surface area contributed by atoms with Crippen molar-refractivity contribution < 1.29 is 18.8 Å². The molecule has 0 radical (unpaired) electrons. The number of nitrogens with one attached hydrogen (secondary N) is 2. The van der Waals surface area contributed by atoms with E-state index in [2.05, 4.69) is 20.8 Å². The van der Waals surface area contributed by atoms with Gasteiger partial charge in [0.15, 0.2) is 5.82 Å². The summed E-state index contributed by atoms with van der Waals surface area (Å²) >= 11 is 0. The van der Waals surface area contributed by atoms with Gasteiger partial charge in [-0.3, -0.25) is 4.79 Å². The molecular formula is C20H28N4O4. The summed E-state index contributed by atoms with van der Waals surface area (Å²) in [4.78, 5) is 28.9. The van der Waals surface area contributed by atoms with Crippen LogP contribution in [0.15, 0.2) is 34.9 Å². The topological polar surface area (TPSA) is 106 Å². The fraction of sp³-hybridized carbons (Fsp3) is 0.500. The van der Waals surface area contributed by atoms with Gasteiger partial charge in [0.2, 0.25) is 11.8 Å². The highest BCUT2D eigenvalue weighted by molar-refractivity contribution is 5.86. The van der Waals surface area contributed by atoms with E-state index in [1.165, 1.54) is 0 Å². The molecule has 2 rings (SSSR count). The van der Waals surface area contributed by atoms with Crippen molar-refractivity contribution in [2.75, 3.05) is 6.54 Å². The maximum atomic E-state index is 12.6. The molecule has 152 valence electrons. The third kappa shape index (κ3) is 7.77. The van der Waals surface area contributed by atoms with E-state index in [0.29, 0.717) is 37.5 Å². The van der Waals surface area contributed by atoms with Crippen molar-refractivity contribution >= 4 is 12.0 Å². The van der Waals surface area contributed by atoms with Gasteiger partial charge < -0.3 is 19.9 Å². The fourth-order valence-corrected chi connectivity index (χ4v) is 2.52. The Hall–Kier alpha value is -2.90. The zero-order valence-electron chi connectivity index (χ0n) is 16.8. The van der Waals surface area contributed by atoms with Gasteiger partial charge in [-0.2, -0.15) is 4.98 Å². The highest BCUT2D eigenvalue weighted by Gasteiger charge is 2.24. The number of rotatable bonds is 8. The average molecular weight is 388 g/mol. The van der Waals surface area contributed by atoms with Crippen LogP contribution in [-0.4, -0.2) is 40.3 Å². The van der Waals surface area contributed by atoms with E-state index in [1.54, 1.807) is 27.7 Å². The third-order valence-corrected chi connectivity index (χ3v) is 3.73. The van der Waals surface area contributed by atoms with Crippen LogP contribution in [0.3, 0.4) is 0 Å². The van der Waals surface area contributed by atoms with Crippen LogP contribution in [0.1, 0.15) is 44.5 Å². The van der Waals surface area contributed by atoms with Gasteiger partial charge in [0, 0.05) is 19.4 Å². The molecule has 0 aliphatic rings. The lowest BCUT2D eigenvalue weighted by atomic mass is 10.1. The third-order valence-electron chi connectivity index (χ3n) is 3.73. The van der Waals surface area contributed by atoms with Crippen molar-refractivity contribution in [2.45, 2.75) is 58.6 Å². The number of benzene rings is 1. The number of alkyl carbamates (subject to hydrolysis) is 1. The summed E-state index contributed by atoms with van der Waals surface area (Å²) < 4.78 is 10.3. The summed E-state index contributed by atoms with van der Waals surface area (Å²) in [5.74, 6) is 0.861.